The van der Waals surface area contributed by atoms with Gasteiger partial charge in [0, 0.05) is 25.2 Å². The van der Waals surface area contributed by atoms with Crippen molar-refractivity contribution in [2.75, 3.05) is 33.4 Å². The lowest BCUT2D eigenvalue weighted by Gasteiger charge is -2.30. The number of rotatable bonds is 7. The van der Waals surface area contributed by atoms with Crippen molar-refractivity contribution >= 4 is 17.8 Å². The highest BCUT2D eigenvalue weighted by Gasteiger charge is 2.22. The maximum absolute atomic E-state index is 12.4. The van der Waals surface area contributed by atoms with Gasteiger partial charge in [0.05, 0.1) is 36.8 Å². The van der Waals surface area contributed by atoms with Crippen LogP contribution in [0.4, 0.5) is 0 Å². The molecule has 1 saturated heterocycles. The molecule has 1 aliphatic rings. The molecule has 3 rings (SSSR count). The molecule has 1 unspecified atom stereocenters. The Bertz CT molecular complexity index is 982. The molecule has 1 atom stereocenters. The van der Waals surface area contributed by atoms with Gasteiger partial charge in [0.15, 0.2) is 6.61 Å². The second kappa shape index (κ2) is 10.4. The van der Waals surface area contributed by atoms with Crippen molar-refractivity contribution in [3.05, 3.63) is 46.8 Å². The molecular weight excluding hydrogens is 414 g/mol. The normalized spacial score (nSPS) is 16.0. The largest absolute Gasteiger partial charge is 0.469 e. The van der Waals surface area contributed by atoms with Gasteiger partial charge in [-0.05, 0) is 57.0 Å². The Balaban J connectivity index is 1.61. The molecule has 172 valence electrons. The average Bonchev–Trinajstić information content (AvgIpc) is 3.08. The summed E-state index contributed by atoms with van der Waals surface area (Å²) in [6.07, 6.45) is 0.813. The van der Waals surface area contributed by atoms with Crippen molar-refractivity contribution in [1.82, 2.24) is 14.7 Å². The van der Waals surface area contributed by atoms with Gasteiger partial charge >= 0.3 is 11.9 Å². The van der Waals surface area contributed by atoms with Gasteiger partial charge in [0.25, 0.3) is 5.91 Å². The molecule has 0 aliphatic carbocycles. The number of esters is 2. The molecule has 1 fully saturated rings. The molecule has 1 aromatic heterocycles. The second-order valence-corrected chi connectivity index (χ2v) is 7.78. The Morgan fingerprint density at radius 3 is 2.56 bits per heavy atom. The summed E-state index contributed by atoms with van der Waals surface area (Å²) in [5, 5.41) is 4.56. The number of nitrogens with zero attached hydrogens (tertiary/aromatic N) is 3. The molecule has 9 nitrogen and oxygen atoms in total. The highest BCUT2D eigenvalue weighted by atomic mass is 16.5. The Labute approximate surface area is 187 Å². The summed E-state index contributed by atoms with van der Waals surface area (Å²) in [5.41, 5.74) is 3.89. The van der Waals surface area contributed by atoms with Crippen molar-refractivity contribution in [2.24, 2.45) is 0 Å². The molecule has 2 aromatic rings. The maximum Gasteiger partial charge on any atom is 0.338 e. The fraction of sp³-hybridized carbons (Fsp3) is 0.478. The van der Waals surface area contributed by atoms with Gasteiger partial charge in [-0.25, -0.2) is 9.48 Å². The molecule has 2 heterocycles. The third-order valence-corrected chi connectivity index (χ3v) is 5.52. The van der Waals surface area contributed by atoms with Crippen LogP contribution in [0.3, 0.4) is 0 Å². The van der Waals surface area contributed by atoms with E-state index in [2.05, 4.69) is 5.10 Å². The molecule has 1 amide bonds. The maximum atomic E-state index is 12.4. The minimum Gasteiger partial charge on any atom is -0.469 e. The molecule has 0 saturated carbocycles. The summed E-state index contributed by atoms with van der Waals surface area (Å²) in [6, 6.07) is 6.82. The zero-order valence-corrected chi connectivity index (χ0v) is 18.9. The van der Waals surface area contributed by atoms with E-state index in [-0.39, 0.29) is 31.0 Å². The zero-order valence-electron chi connectivity index (χ0n) is 18.9. The van der Waals surface area contributed by atoms with Crippen molar-refractivity contribution in [1.29, 1.82) is 0 Å². The van der Waals surface area contributed by atoms with Gasteiger partial charge in [-0.2, -0.15) is 5.10 Å². The van der Waals surface area contributed by atoms with Gasteiger partial charge in [0.1, 0.15) is 0 Å². The van der Waals surface area contributed by atoms with Crippen LogP contribution in [0.1, 0.15) is 40.7 Å². The number of carbonyl (C=O) groups is 3. The number of ether oxygens (including phenoxy) is 3. The molecular formula is C23H29N3O6. The summed E-state index contributed by atoms with van der Waals surface area (Å²) >= 11 is 0. The quantitative estimate of drug-likeness (QED) is 0.604. The van der Waals surface area contributed by atoms with Crippen LogP contribution in [0.15, 0.2) is 24.3 Å². The van der Waals surface area contributed by atoms with Crippen molar-refractivity contribution in [2.45, 2.75) is 39.7 Å². The van der Waals surface area contributed by atoms with Gasteiger partial charge in [-0.3, -0.25) is 9.59 Å². The monoisotopic (exact) mass is 443 g/mol. The summed E-state index contributed by atoms with van der Waals surface area (Å²) in [7, 11) is 1.37. The first-order chi connectivity index (χ1) is 15.3. The smallest absolute Gasteiger partial charge is 0.338 e. The number of aromatic nitrogens is 2. The molecule has 1 aromatic carbocycles. The van der Waals surface area contributed by atoms with Crippen molar-refractivity contribution in [3.8, 4) is 5.69 Å². The third kappa shape index (κ3) is 5.53. The molecule has 0 N–H and O–H groups in total. The summed E-state index contributed by atoms with van der Waals surface area (Å²) in [4.78, 5) is 37.7. The average molecular weight is 444 g/mol. The molecule has 9 heteroatoms. The summed E-state index contributed by atoms with van der Waals surface area (Å²) in [5.74, 6) is -1.05. The van der Waals surface area contributed by atoms with E-state index in [1.54, 1.807) is 33.8 Å². The minimum atomic E-state index is -0.557. The van der Waals surface area contributed by atoms with Crippen LogP contribution in [0.2, 0.25) is 0 Å². The molecule has 1 aliphatic heterocycles. The number of morpholine rings is 1. The molecule has 0 spiro atoms. The van der Waals surface area contributed by atoms with E-state index >= 15 is 0 Å². The number of benzene rings is 1. The minimum absolute atomic E-state index is 0.0219. The van der Waals surface area contributed by atoms with Gasteiger partial charge in [-0.15, -0.1) is 0 Å². The first-order valence-electron chi connectivity index (χ1n) is 10.6. The Kier molecular flexibility index (Phi) is 7.63. The number of amides is 1. The SMILES string of the molecule is COC(=O)CCc1c(C)nn(-c2ccc(C(=O)OCC(=O)N3CCOC(C)C3)cc2)c1C. The van der Waals surface area contributed by atoms with Crippen LogP contribution in [0.5, 0.6) is 0 Å². The van der Waals surface area contributed by atoms with Gasteiger partial charge < -0.3 is 19.1 Å². The summed E-state index contributed by atoms with van der Waals surface area (Å²) < 4.78 is 17.1. The van der Waals surface area contributed by atoms with E-state index in [0.29, 0.717) is 31.7 Å². The van der Waals surface area contributed by atoms with E-state index in [9.17, 15) is 14.4 Å². The topological polar surface area (TPSA) is 100.0 Å². The predicted molar refractivity (Wildman–Crippen MR) is 116 cm³/mol. The zero-order chi connectivity index (χ0) is 23.3. The lowest BCUT2D eigenvalue weighted by Crippen LogP contribution is -2.46. The lowest BCUT2D eigenvalue weighted by atomic mass is 10.1. The Morgan fingerprint density at radius 2 is 1.91 bits per heavy atom. The van der Waals surface area contributed by atoms with E-state index in [4.69, 9.17) is 14.2 Å². The number of hydrogen-bond donors (Lipinski definition) is 0. The van der Waals surface area contributed by atoms with E-state index < -0.39 is 5.97 Å². The lowest BCUT2D eigenvalue weighted by molar-refractivity contribution is -0.141. The van der Waals surface area contributed by atoms with Crippen LogP contribution in [0, 0.1) is 13.8 Å². The second-order valence-electron chi connectivity index (χ2n) is 7.78. The highest BCUT2D eigenvalue weighted by molar-refractivity contribution is 5.91. The first-order valence-corrected chi connectivity index (χ1v) is 10.6. The van der Waals surface area contributed by atoms with E-state index in [0.717, 1.165) is 22.6 Å². The van der Waals surface area contributed by atoms with Crippen molar-refractivity contribution in [3.63, 3.8) is 0 Å². The standard InChI is InChI=1S/C23H29N3O6/c1-15-13-25(11-12-31-15)21(27)14-32-23(29)18-5-7-19(8-6-18)26-17(3)20(16(2)24-26)9-10-22(28)30-4/h5-8,15H,9-14H2,1-4H3. The molecule has 0 bridgehead atoms. The highest BCUT2D eigenvalue weighted by Crippen LogP contribution is 2.20. The molecule has 0 radical (unpaired) electrons. The third-order valence-electron chi connectivity index (χ3n) is 5.52. The summed E-state index contributed by atoms with van der Waals surface area (Å²) in [6.45, 7) is 6.92. The Hall–Kier alpha value is -3.20. The fourth-order valence-corrected chi connectivity index (χ4v) is 3.70. The molecule has 32 heavy (non-hydrogen) atoms. The number of aryl methyl sites for hydroxylation is 1. The number of carbonyl (C=O) groups excluding carboxylic acids is 3. The van der Waals surface area contributed by atoms with Crippen molar-refractivity contribution < 1.29 is 28.6 Å². The van der Waals surface area contributed by atoms with Gasteiger partial charge in [0.2, 0.25) is 0 Å². The van der Waals surface area contributed by atoms with Crippen LogP contribution >= 0.6 is 0 Å². The first kappa shape index (κ1) is 23.5. The van der Waals surface area contributed by atoms with Crippen LogP contribution in [0.25, 0.3) is 5.69 Å². The van der Waals surface area contributed by atoms with Crippen LogP contribution in [-0.2, 0) is 30.2 Å². The van der Waals surface area contributed by atoms with Crippen LogP contribution in [-0.4, -0.2) is 72.0 Å². The van der Waals surface area contributed by atoms with Gasteiger partial charge in [-0.1, -0.05) is 0 Å². The Morgan fingerprint density at radius 1 is 1.19 bits per heavy atom. The predicted octanol–water partition coefficient (Wildman–Crippen LogP) is 2.00. The number of hydrogen-bond acceptors (Lipinski definition) is 7. The fourth-order valence-electron chi connectivity index (χ4n) is 3.70. The van der Waals surface area contributed by atoms with Crippen LogP contribution < -0.4 is 0 Å². The number of methoxy groups -OCH3 is 1. The van der Waals surface area contributed by atoms with E-state index in [1.807, 2.05) is 20.8 Å². The van der Waals surface area contributed by atoms with E-state index in [1.165, 1.54) is 7.11 Å².